The van der Waals surface area contributed by atoms with Crippen molar-refractivity contribution in [1.29, 1.82) is 0 Å². The molecule has 1 aromatic heterocycles. The number of carbonyl (C=O) groups is 1. The fourth-order valence-electron chi connectivity index (χ4n) is 4.01. The van der Waals surface area contributed by atoms with Gasteiger partial charge in [0.1, 0.15) is 11.9 Å². The minimum absolute atomic E-state index is 0.129. The molecule has 0 unspecified atom stereocenters. The summed E-state index contributed by atoms with van der Waals surface area (Å²) in [5.74, 6) is 2.01. The van der Waals surface area contributed by atoms with E-state index in [1.807, 2.05) is 18.0 Å². The van der Waals surface area contributed by atoms with E-state index in [1.54, 1.807) is 0 Å². The first-order chi connectivity index (χ1) is 13.1. The fraction of sp³-hybridized carbons (Fsp3) is 0.550. The number of carbonyl (C=O) groups excluding carboxylic acids is 1. The molecule has 2 atom stereocenters. The first-order valence-electron chi connectivity index (χ1n) is 9.67. The van der Waals surface area contributed by atoms with Crippen molar-refractivity contribution in [1.82, 2.24) is 24.6 Å². The third-order valence-corrected chi connectivity index (χ3v) is 5.57. The molecule has 0 radical (unpaired) electrons. The van der Waals surface area contributed by atoms with E-state index < -0.39 is 0 Å². The van der Waals surface area contributed by atoms with Gasteiger partial charge >= 0.3 is 0 Å². The summed E-state index contributed by atoms with van der Waals surface area (Å²) >= 11 is 0. The zero-order chi connectivity index (χ0) is 18.8. The van der Waals surface area contributed by atoms with Gasteiger partial charge in [0.2, 0.25) is 5.91 Å². The summed E-state index contributed by atoms with van der Waals surface area (Å²) in [5.41, 5.74) is 1.30. The molecule has 0 N–H and O–H groups in total. The molecule has 0 saturated carbocycles. The molecule has 3 heterocycles. The number of ether oxygens (including phenoxy) is 1. The molecule has 4 rings (SSSR count). The van der Waals surface area contributed by atoms with Crippen LogP contribution in [0.4, 0.5) is 0 Å². The third-order valence-electron chi connectivity index (χ3n) is 5.57. The zero-order valence-corrected chi connectivity index (χ0v) is 16.0. The monoisotopic (exact) mass is 369 g/mol. The highest BCUT2D eigenvalue weighted by Gasteiger charge is 2.35. The van der Waals surface area contributed by atoms with E-state index in [0.717, 1.165) is 31.0 Å². The highest BCUT2D eigenvalue weighted by Crippen LogP contribution is 2.24. The number of rotatable bonds is 4. The van der Waals surface area contributed by atoms with Crippen LogP contribution in [0.2, 0.25) is 0 Å². The van der Waals surface area contributed by atoms with Gasteiger partial charge in [-0.25, -0.2) is 0 Å². The Morgan fingerprint density at radius 1 is 1.22 bits per heavy atom. The lowest BCUT2D eigenvalue weighted by molar-refractivity contribution is -0.144. The smallest absolute Gasteiger partial charge is 0.242 e. The molecule has 1 amide bonds. The molecule has 0 spiro atoms. The normalized spacial score (nSPS) is 23.3. The quantitative estimate of drug-likeness (QED) is 0.813. The summed E-state index contributed by atoms with van der Waals surface area (Å²) in [6.07, 6.45) is 1.80. The summed E-state index contributed by atoms with van der Waals surface area (Å²) in [4.78, 5) is 17.0. The van der Waals surface area contributed by atoms with Crippen LogP contribution in [0, 0.1) is 0 Å². The molecule has 2 aromatic rings. The molecule has 7 nitrogen and oxygen atoms in total. The predicted molar refractivity (Wildman–Crippen MR) is 101 cm³/mol. The summed E-state index contributed by atoms with van der Waals surface area (Å²) in [6.45, 7) is 5.29. The topological polar surface area (TPSA) is 63.5 Å². The molecule has 7 heteroatoms. The van der Waals surface area contributed by atoms with Crippen LogP contribution < -0.4 is 0 Å². The molecular weight excluding hydrogens is 342 g/mol. The second kappa shape index (κ2) is 7.78. The maximum Gasteiger partial charge on any atom is 0.242 e. The molecule has 1 saturated heterocycles. The molecule has 1 aromatic carbocycles. The Balaban J connectivity index is 1.45. The van der Waals surface area contributed by atoms with Crippen molar-refractivity contribution in [2.24, 2.45) is 0 Å². The van der Waals surface area contributed by atoms with Crippen LogP contribution in [0.1, 0.15) is 30.2 Å². The summed E-state index contributed by atoms with van der Waals surface area (Å²) < 4.78 is 7.73. The van der Waals surface area contributed by atoms with Crippen LogP contribution in [-0.4, -0.2) is 69.9 Å². The van der Waals surface area contributed by atoms with Gasteiger partial charge in [-0.15, -0.1) is 10.2 Å². The molecule has 27 heavy (non-hydrogen) atoms. The first-order valence-corrected chi connectivity index (χ1v) is 9.67. The Kier molecular flexibility index (Phi) is 5.22. The number of aryl methyl sites for hydroxylation is 2. The molecule has 2 aliphatic heterocycles. The van der Waals surface area contributed by atoms with Gasteiger partial charge in [-0.3, -0.25) is 9.69 Å². The number of nitrogens with zero attached hydrogens (tertiary/aromatic N) is 5. The maximum atomic E-state index is 13.0. The lowest BCUT2D eigenvalue weighted by Crippen LogP contribution is -2.54. The van der Waals surface area contributed by atoms with Crippen LogP contribution in [0.3, 0.4) is 0 Å². The molecular formula is C20H27N5O2. The summed E-state index contributed by atoms with van der Waals surface area (Å²) in [6, 6.07) is 10.4. The van der Waals surface area contributed by atoms with Gasteiger partial charge in [0, 0.05) is 19.5 Å². The van der Waals surface area contributed by atoms with E-state index in [-0.39, 0.29) is 18.0 Å². The Morgan fingerprint density at radius 3 is 2.81 bits per heavy atom. The van der Waals surface area contributed by atoms with Gasteiger partial charge in [-0.1, -0.05) is 30.3 Å². The number of amides is 1. The van der Waals surface area contributed by atoms with Gasteiger partial charge in [0.25, 0.3) is 0 Å². The number of likely N-dealkylation sites (N-methyl/N-ethyl adjacent to an activating group) is 1. The van der Waals surface area contributed by atoms with Gasteiger partial charge < -0.3 is 14.2 Å². The number of hydrogen-bond acceptors (Lipinski definition) is 5. The highest BCUT2D eigenvalue weighted by atomic mass is 16.5. The Bertz CT molecular complexity index is 791. The number of fused-ring (bicyclic) bond motifs is 1. The standard InChI is InChI=1S/C20H27N5O2/c1-15-12-24(20(26)17-14-27-11-10-23(17)2)13-19-22-21-18(25(15)19)9-8-16-6-4-3-5-7-16/h3-7,15,17H,8-14H2,1-2H3/t15-,17-/m0/s1. The average Bonchev–Trinajstić information content (AvgIpc) is 3.10. The zero-order valence-electron chi connectivity index (χ0n) is 16.0. The fourth-order valence-corrected chi connectivity index (χ4v) is 4.01. The van der Waals surface area contributed by atoms with Crippen LogP contribution in [0.15, 0.2) is 30.3 Å². The molecule has 0 bridgehead atoms. The number of aromatic nitrogens is 3. The van der Waals surface area contributed by atoms with E-state index >= 15 is 0 Å². The molecule has 1 fully saturated rings. The number of morpholine rings is 1. The van der Waals surface area contributed by atoms with Crippen molar-refractivity contribution >= 4 is 5.91 Å². The molecule has 144 valence electrons. The molecule has 0 aliphatic carbocycles. The third kappa shape index (κ3) is 3.75. The second-order valence-electron chi connectivity index (χ2n) is 7.53. The largest absolute Gasteiger partial charge is 0.378 e. The highest BCUT2D eigenvalue weighted by molar-refractivity contribution is 5.82. The Hall–Kier alpha value is -2.25. The molecule has 2 aliphatic rings. The van der Waals surface area contributed by atoms with Gasteiger partial charge in [0.15, 0.2) is 5.82 Å². The van der Waals surface area contributed by atoms with Gasteiger partial charge in [0.05, 0.1) is 25.8 Å². The van der Waals surface area contributed by atoms with Crippen molar-refractivity contribution in [3.8, 4) is 0 Å². The first kappa shape index (κ1) is 18.1. The SMILES string of the molecule is C[C@H]1CN(C(=O)[C@@H]2COCCN2C)Cc2nnc(CCc3ccccc3)n21. The van der Waals surface area contributed by atoms with Crippen molar-refractivity contribution in [3.63, 3.8) is 0 Å². The van der Waals surface area contributed by atoms with Crippen LogP contribution in [0.25, 0.3) is 0 Å². The minimum Gasteiger partial charge on any atom is -0.378 e. The minimum atomic E-state index is -0.196. The van der Waals surface area contributed by atoms with Crippen molar-refractivity contribution < 1.29 is 9.53 Å². The van der Waals surface area contributed by atoms with Gasteiger partial charge in [-0.2, -0.15) is 0 Å². The number of hydrogen-bond donors (Lipinski definition) is 0. The lowest BCUT2D eigenvalue weighted by atomic mass is 10.1. The van der Waals surface area contributed by atoms with Crippen molar-refractivity contribution in [2.45, 2.75) is 38.4 Å². The Labute approximate surface area is 159 Å². The average molecular weight is 369 g/mol. The van der Waals surface area contributed by atoms with E-state index in [9.17, 15) is 4.79 Å². The maximum absolute atomic E-state index is 13.0. The van der Waals surface area contributed by atoms with E-state index in [1.165, 1.54) is 5.56 Å². The summed E-state index contributed by atoms with van der Waals surface area (Å²) in [7, 11) is 1.99. The van der Waals surface area contributed by atoms with Crippen molar-refractivity contribution in [2.75, 3.05) is 33.4 Å². The number of benzene rings is 1. The van der Waals surface area contributed by atoms with E-state index in [0.29, 0.717) is 26.3 Å². The van der Waals surface area contributed by atoms with Crippen LogP contribution in [0.5, 0.6) is 0 Å². The second-order valence-corrected chi connectivity index (χ2v) is 7.53. The Morgan fingerprint density at radius 2 is 2.04 bits per heavy atom. The van der Waals surface area contributed by atoms with Crippen LogP contribution in [-0.2, 0) is 28.9 Å². The van der Waals surface area contributed by atoms with Crippen molar-refractivity contribution in [3.05, 3.63) is 47.5 Å². The lowest BCUT2D eigenvalue weighted by Gasteiger charge is -2.38. The van der Waals surface area contributed by atoms with Gasteiger partial charge in [-0.05, 0) is 26.0 Å². The predicted octanol–water partition coefficient (Wildman–Crippen LogP) is 1.30. The van der Waals surface area contributed by atoms with E-state index in [2.05, 4.69) is 50.9 Å². The van der Waals surface area contributed by atoms with E-state index in [4.69, 9.17) is 4.74 Å². The van der Waals surface area contributed by atoms with Crippen LogP contribution >= 0.6 is 0 Å². The summed E-state index contributed by atoms with van der Waals surface area (Å²) in [5, 5.41) is 8.81.